The summed E-state index contributed by atoms with van der Waals surface area (Å²) in [4.78, 5) is 0.0963. The molecule has 0 fully saturated rings. The van der Waals surface area contributed by atoms with Crippen LogP contribution in [0.4, 0.5) is 11.4 Å². The fourth-order valence-corrected chi connectivity index (χ4v) is 2.98. The minimum absolute atomic E-state index is 0.0963. The van der Waals surface area contributed by atoms with Gasteiger partial charge in [-0.15, -0.1) is 0 Å². The molecule has 0 aromatic heterocycles. The Kier molecular flexibility index (Phi) is 4.09. The average Bonchev–Trinajstić information content (AvgIpc) is 2.42. The van der Waals surface area contributed by atoms with E-state index in [9.17, 15) is 8.42 Å². The van der Waals surface area contributed by atoms with Gasteiger partial charge in [-0.1, -0.05) is 6.07 Å². The molecule has 0 aliphatic heterocycles. The number of rotatable bonds is 4. The summed E-state index contributed by atoms with van der Waals surface area (Å²) >= 11 is 0. The van der Waals surface area contributed by atoms with Crippen molar-refractivity contribution >= 4 is 21.4 Å². The lowest BCUT2D eigenvalue weighted by Crippen LogP contribution is -2.13. The Labute approximate surface area is 124 Å². The van der Waals surface area contributed by atoms with Crippen molar-refractivity contribution in [3.63, 3.8) is 0 Å². The molecule has 0 saturated heterocycles. The van der Waals surface area contributed by atoms with Gasteiger partial charge in [-0.05, 0) is 55.3 Å². The van der Waals surface area contributed by atoms with E-state index in [1.54, 1.807) is 12.1 Å². The summed E-state index contributed by atoms with van der Waals surface area (Å²) in [6, 6.07) is 9.76. The maximum absolute atomic E-state index is 12.3. The molecule has 0 amide bonds. The summed E-state index contributed by atoms with van der Waals surface area (Å²) in [7, 11) is -2.20. The third-order valence-corrected chi connectivity index (χ3v) is 4.65. The van der Waals surface area contributed by atoms with E-state index >= 15 is 0 Å². The first kappa shape index (κ1) is 15.2. The fourth-order valence-electron chi connectivity index (χ4n) is 1.90. The highest BCUT2D eigenvalue weighted by atomic mass is 32.2. The first-order valence-electron chi connectivity index (χ1n) is 6.37. The summed E-state index contributed by atoms with van der Waals surface area (Å²) in [6.07, 6.45) is 0. The van der Waals surface area contributed by atoms with Gasteiger partial charge < -0.3 is 10.5 Å². The summed E-state index contributed by atoms with van der Waals surface area (Å²) in [5.41, 5.74) is 8.67. The molecule has 6 heteroatoms. The number of hydrogen-bond acceptors (Lipinski definition) is 4. The Bertz CT molecular complexity index is 770. The van der Waals surface area contributed by atoms with E-state index in [0.29, 0.717) is 11.4 Å². The SMILES string of the molecule is COc1ccc(S(=O)(=O)Nc2ccc(C)c(C)c2)cc1N. The van der Waals surface area contributed by atoms with Crippen molar-refractivity contribution in [1.82, 2.24) is 0 Å². The molecule has 3 N–H and O–H groups in total. The highest BCUT2D eigenvalue weighted by Crippen LogP contribution is 2.26. The van der Waals surface area contributed by atoms with Crippen molar-refractivity contribution in [3.05, 3.63) is 47.5 Å². The van der Waals surface area contributed by atoms with Crippen molar-refractivity contribution < 1.29 is 13.2 Å². The van der Waals surface area contributed by atoms with Gasteiger partial charge in [0, 0.05) is 5.69 Å². The molecule has 0 aliphatic carbocycles. The van der Waals surface area contributed by atoms with Gasteiger partial charge in [0.1, 0.15) is 5.75 Å². The van der Waals surface area contributed by atoms with Crippen molar-refractivity contribution in [1.29, 1.82) is 0 Å². The molecule has 0 heterocycles. The van der Waals surface area contributed by atoms with Crippen LogP contribution in [0.15, 0.2) is 41.3 Å². The number of nitrogens with two attached hydrogens (primary N) is 1. The predicted octanol–water partition coefficient (Wildman–Crippen LogP) is 2.70. The van der Waals surface area contributed by atoms with E-state index in [2.05, 4.69) is 4.72 Å². The third-order valence-electron chi connectivity index (χ3n) is 3.27. The summed E-state index contributed by atoms with van der Waals surface area (Å²) in [5, 5.41) is 0. The van der Waals surface area contributed by atoms with Gasteiger partial charge in [-0.3, -0.25) is 4.72 Å². The van der Waals surface area contributed by atoms with Crippen molar-refractivity contribution in [2.75, 3.05) is 17.6 Å². The topological polar surface area (TPSA) is 81.4 Å². The van der Waals surface area contributed by atoms with Gasteiger partial charge in [-0.2, -0.15) is 0 Å². The molecule has 2 aromatic rings. The number of aryl methyl sites for hydroxylation is 2. The number of ether oxygens (including phenoxy) is 1. The molecular weight excluding hydrogens is 288 g/mol. The minimum atomic E-state index is -3.68. The number of nitrogen functional groups attached to an aromatic ring is 1. The number of methoxy groups -OCH3 is 1. The zero-order valence-electron chi connectivity index (χ0n) is 12.2. The van der Waals surface area contributed by atoms with E-state index < -0.39 is 10.0 Å². The molecule has 2 aromatic carbocycles. The Hall–Kier alpha value is -2.21. The molecular formula is C15H18N2O3S. The standard InChI is InChI=1S/C15H18N2O3S/c1-10-4-5-12(8-11(10)2)17-21(18,19)13-6-7-15(20-3)14(16)9-13/h4-9,17H,16H2,1-3H3. The molecule has 0 atom stereocenters. The van der Waals surface area contributed by atoms with Crippen molar-refractivity contribution in [2.45, 2.75) is 18.7 Å². The van der Waals surface area contributed by atoms with Crippen LogP contribution >= 0.6 is 0 Å². The molecule has 0 saturated carbocycles. The molecule has 0 bridgehead atoms. The van der Waals surface area contributed by atoms with Gasteiger partial charge in [0.2, 0.25) is 0 Å². The maximum atomic E-state index is 12.3. The monoisotopic (exact) mass is 306 g/mol. The summed E-state index contributed by atoms with van der Waals surface area (Å²) in [6.45, 7) is 3.90. The number of sulfonamides is 1. The zero-order chi connectivity index (χ0) is 15.6. The molecule has 0 aliphatic rings. The van der Waals surface area contributed by atoms with Crippen LogP contribution in [-0.2, 0) is 10.0 Å². The lowest BCUT2D eigenvalue weighted by atomic mass is 10.1. The summed E-state index contributed by atoms with van der Waals surface area (Å²) < 4.78 is 32.2. The minimum Gasteiger partial charge on any atom is -0.495 e. The van der Waals surface area contributed by atoms with Crippen LogP contribution in [0.5, 0.6) is 5.75 Å². The first-order chi connectivity index (χ1) is 9.83. The van der Waals surface area contributed by atoms with Gasteiger partial charge in [0.25, 0.3) is 10.0 Å². The van der Waals surface area contributed by atoms with Crippen LogP contribution in [0.1, 0.15) is 11.1 Å². The first-order valence-corrected chi connectivity index (χ1v) is 7.85. The Balaban J connectivity index is 2.33. The average molecular weight is 306 g/mol. The van der Waals surface area contributed by atoms with Crippen LogP contribution in [-0.4, -0.2) is 15.5 Å². The van der Waals surface area contributed by atoms with Crippen molar-refractivity contribution in [3.8, 4) is 5.75 Å². The quantitative estimate of drug-likeness (QED) is 0.851. The number of benzene rings is 2. The van der Waals surface area contributed by atoms with Crippen LogP contribution < -0.4 is 15.2 Å². The molecule has 5 nitrogen and oxygen atoms in total. The van der Waals surface area contributed by atoms with Crippen LogP contribution in [0, 0.1) is 13.8 Å². The van der Waals surface area contributed by atoms with Crippen LogP contribution in [0.3, 0.4) is 0 Å². The Morgan fingerprint density at radius 1 is 1.05 bits per heavy atom. The van der Waals surface area contributed by atoms with E-state index in [0.717, 1.165) is 11.1 Å². The van der Waals surface area contributed by atoms with E-state index in [4.69, 9.17) is 10.5 Å². The fraction of sp³-hybridized carbons (Fsp3) is 0.200. The zero-order valence-corrected chi connectivity index (χ0v) is 13.0. The van der Waals surface area contributed by atoms with E-state index in [1.807, 2.05) is 19.9 Å². The van der Waals surface area contributed by atoms with E-state index in [-0.39, 0.29) is 10.6 Å². The predicted molar refractivity (Wildman–Crippen MR) is 84.1 cm³/mol. The Morgan fingerprint density at radius 2 is 1.76 bits per heavy atom. The molecule has 0 spiro atoms. The second kappa shape index (κ2) is 5.65. The molecule has 0 radical (unpaired) electrons. The summed E-state index contributed by atoms with van der Waals surface area (Å²) in [5.74, 6) is 0.445. The normalized spacial score (nSPS) is 11.2. The van der Waals surface area contributed by atoms with Crippen molar-refractivity contribution in [2.24, 2.45) is 0 Å². The van der Waals surface area contributed by atoms with Gasteiger partial charge >= 0.3 is 0 Å². The van der Waals surface area contributed by atoms with Crippen LogP contribution in [0.25, 0.3) is 0 Å². The second-order valence-electron chi connectivity index (χ2n) is 4.81. The van der Waals surface area contributed by atoms with Gasteiger partial charge in [-0.25, -0.2) is 8.42 Å². The lowest BCUT2D eigenvalue weighted by molar-refractivity contribution is 0.416. The second-order valence-corrected chi connectivity index (χ2v) is 6.49. The smallest absolute Gasteiger partial charge is 0.261 e. The Morgan fingerprint density at radius 3 is 2.33 bits per heavy atom. The van der Waals surface area contributed by atoms with E-state index in [1.165, 1.54) is 25.3 Å². The maximum Gasteiger partial charge on any atom is 0.261 e. The molecule has 112 valence electrons. The molecule has 0 unspecified atom stereocenters. The van der Waals surface area contributed by atoms with Crippen LogP contribution in [0.2, 0.25) is 0 Å². The molecule has 21 heavy (non-hydrogen) atoms. The largest absolute Gasteiger partial charge is 0.495 e. The van der Waals surface area contributed by atoms with Gasteiger partial charge in [0.05, 0.1) is 17.7 Å². The third kappa shape index (κ3) is 3.28. The highest BCUT2D eigenvalue weighted by Gasteiger charge is 2.16. The highest BCUT2D eigenvalue weighted by molar-refractivity contribution is 7.92. The number of hydrogen-bond donors (Lipinski definition) is 2. The number of anilines is 2. The van der Waals surface area contributed by atoms with Gasteiger partial charge in [0.15, 0.2) is 0 Å². The lowest BCUT2D eigenvalue weighted by Gasteiger charge is -2.11. The molecule has 2 rings (SSSR count). The number of nitrogens with one attached hydrogen (secondary N) is 1.